The fraction of sp³-hybridized carbons (Fsp3) is 0.125. The van der Waals surface area contributed by atoms with Crippen molar-refractivity contribution in [3.63, 3.8) is 0 Å². The van der Waals surface area contributed by atoms with Gasteiger partial charge in [0.1, 0.15) is 6.10 Å². The van der Waals surface area contributed by atoms with Crippen LogP contribution in [0, 0.1) is 12.3 Å². The Morgan fingerprint density at radius 2 is 1.84 bits per heavy atom. The Balaban J connectivity index is 2.50. The lowest BCUT2D eigenvalue weighted by Gasteiger charge is -2.12. The van der Waals surface area contributed by atoms with Crippen molar-refractivity contribution in [3.8, 4) is 23.5 Å². The Morgan fingerprint density at radius 3 is 2.58 bits per heavy atom. The van der Waals surface area contributed by atoms with Gasteiger partial charge in [-0.15, -0.1) is 6.42 Å². The monoisotopic (exact) mass is 290 g/mol. The number of hydrogen-bond acceptors (Lipinski definition) is 1. The number of benzene rings is 2. The molecule has 1 atom stereocenters. The minimum absolute atomic E-state index is 0.384. The lowest BCUT2D eigenvalue weighted by molar-refractivity contribution is 0.233. The average molecular weight is 291 g/mol. The summed E-state index contributed by atoms with van der Waals surface area (Å²) in [6, 6.07) is 13.0. The van der Waals surface area contributed by atoms with E-state index in [4.69, 9.17) is 29.6 Å². The van der Waals surface area contributed by atoms with Crippen molar-refractivity contribution in [2.24, 2.45) is 0 Å². The molecule has 2 aromatic carbocycles. The molecule has 2 aromatic rings. The largest absolute Gasteiger partial charge is 0.380 e. The van der Waals surface area contributed by atoms with Gasteiger partial charge in [-0.2, -0.15) is 0 Å². The van der Waals surface area contributed by atoms with Crippen LogP contribution >= 0.6 is 23.2 Å². The van der Waals surface area contributed by atoms with Crippen molar-refractivity contribution in [3.05, 3.63) is 58.1 Å². The number of hydrogen-bond donors (Lipinski definition) is 1. The van der Waals surface area contributed by atoms with Gasteiger partial charge in [-0.05, 0) is 29.3 Å². The molecule has 1 unspecified atom stereocenters. The second-order valence-electron chi connectivity index (χ2n) is 4.17. The molecule has 1 N–H and O–H groups in total. The molecule has 0 fully saturated rings. The van der Waals surface area contributed by atoms with Gasteiger partial charge in [-0.3, -0.25) is 0 Å². The zero-order chi connectivity index (χ0) is 13.8. The van der Waals surface area contributed by atoms with Crippen LogP contribution in [-0.4, -0.2) is 11.2 Å². The average Bonchev–Trinajstić information content (AvgIpc) is 2.42. The molecule has 2 rings (SSSR count). The quantitative estimate of drug-likeness (QED) is 0.840. The van der Waals surface area contributed by atoms with Crippen molar-refractivity contribution in [1.29, 1.82) is 0 Å². The second kappa shape index (κ2) is 6.12. The van der Waals surface area contributed by atoms with Crippen LogP contribution < -0.4 is 0 Å². The van der Waals surface area contributed by atoms with Crippen molar-refractivity contribution in [2.75, 3.05) is 0 Å². The van der Waals surface area contributed by atoms with Crippen LogP contribution in [0.15, 0.2) is 42.5 Å². The SMILES string of the molecule is C#CC(O)Cc1ccccc1-c1cc(Cl)ccc1Cl. The topological polar surface area (TPSA) is 20.2 Å². The third kappa shape index (κ3) is 3.30. The maximum atomic E-state index is 9.61. The zero-order valence-electron chi connectivity index (χ0n) is 10.1. The zero-order valence-corrected chi connectivity index (χ0v) is 11.6. The van der Waals surface area contributed by atoms with Crippen molar-refractivity contribution >= 4 is 23.2 Å². The highest BCUT2D eigenvalue weighted by atomic mass is 35.5. The van der Waals surface area contributed by atoms with Gasteiger partial charge in [0, 0.05) is 22.0 Å². The van der Waals surface area contributed by atoms with E-state index in [1.807, 2.05) is 30.3 Å². The van der Waals surface area contributed by atoms with E-state index in [9.17, 15) is 5.11 Å². The number of terminal acetylenes is 1. The molecule has 0 saturated heterocycles. The van der Waals surface area contributed by atoms with Crippen LogP contribution in [0.4, 0.5) is 0 Å². The molecule has 0 radical (unpaired) electrons. The summed E-state index contributed by atoms with van der Waals surface area (Å²) >= 11 is 12.2. The molecular weight excluding hydrogens is 279 g/mol. The predicted molar refractivity (Wildman–Crippen MR) is 80.4 cm³/mol. The van der Waals surface area contributed by atoms with E-state index in [-0.39, 0.29) is 0 Å². The molecule has 1 nitrogen and oxygen atoms in total. The molecule has 3 heteroatoms. The van der Waals surface area contributed by atoms with E-state index in [0.29, 0.717) is 16.5 Å². The Labute approximate surface area is 122 Å². The second-order valence-corrected chi connectivity index (χ2v) is 5.01. The maximum absolute atomic E-state index is 9.61. The van der Waals surface area contributed by atoms with Gasteiger partial charge in [-0.25, -0.2) is 0 Å². The van der Waals surface area contributed by atoms with Crippen LogP contribution in [0.1, 0.15) is 5.56 Å². The standard InChI is InChI=1S/C16H12Cl2O/c1-2-13(19)9-11-5-3-4-6-14(11)15-10-12(17)7-8-16(15)18/h1,3-8,10,13,19H,9H2. The molecule has 0 spiro atoms. The summed E-state index contributed by atoms with van der Waals surface area (Å²) in [5, 5.41) is 10.8. The van der Waals surface area contributed by atoms with E-state index in [2.05, 4.69) is 5.92 Å². The number of aliphatic hydroxyl groups is 1. The molecule has 96 valence electrons. The number of rotatable bonds is 3. The van der Waals surface area contributed by atoms with Crippen LogP contribution in [-0.2, 0) is 6.42 Å². The van der Waals surface area contributed by atoms with E-state index >= 15 is 0 Å². The summed E-state index contributed by atoms with van der Waals surface area (Å²) in [7, 11) is 0. The van der Waals surface area contributed by atoms with Gasteiger partial charge in [0.2, 0.25) is 0 Å². The Bertz CT molecular complexity index is 629. The van der Waals surface area contributed by atoms with Gasteiger partial charge in [0.05, 0.1) is 0 Å². The summed E-state index contributed by atoms with van der Waals surface area (Å²) < 4.78 is 0. The van der Waals surface area contributed by atoms with Gasteiger partial charge in [0.15, 0.2) is 0 Å². The van der Waals surface area contributed by atoms with Crippen molar-refractivity contribution < 1.29 is 5.11 Å². The first-order valence-corrected chi connectivity index (χ1v) is 6.55. The number of halogens is 2. The number of aliphatic hydroxyl groups excluding tert-OH is 1. The Kier molecular flexibility index (Phi) is 4.50. The minimum atomic E-state index is -0.806. The molecule has 0 aromatic heterocycles. The van der Waals surface area contributed by atoms with E-state index in [1.54, 1.807) is 12.1 Å². The van der Waals surface area contributed by atoms with Crippen LogP contribution in [0.25, 0.3) is 11.1 Å². The first-order valence-electron chi connectivity index (χ1n) is 5.79. The Morgan fingerprint density at radius 1 is 1.11 bits per heavy atom. The molecule has 0 bridgehead atoms. The van der Waals surface area contributed by atoms with Gasteiger partial charge >= 0.3 is 0 Å². The molecular formula is C16H12Cl2O. The lowest BCUT2D eigenvalue weighted by atomic mass is 9.96. The third-order valence-electron chi connectivity index (χ3n) is 2.84. The molecule has 0 aliphatic carbocycles. The molecule has 0 aliphatic heterocycles. The lowest BCUT2D eigenvalue weighted by Crippen LogP contribution is -2.07. The van der Waals surface area contributed by atoms with E-state index in [0.717, 1.165) is 16.7 Å². The minimum Gasteiger partial charge on any atom is -0.380 e. The first kappa shape index (κ1) is 14.0. The van der Waals surface area contributed by atoms with Crippen molar-refractivity contribution in [2.45, 2.75) is 12.5 Å². The van der Waals surface area contributed by atoms with Gasteiger partial charge < -0.3 is 5.11 Å². The van der Waals surface area contributed by atoms with Crippen LogP contribution in [0.2, 0.25) is 10.0 Å². The molecule has 19 heavy (non-hydrogen) atoms. The van der Waals surface area contributed by atoms with Crippen LogP contribution in [0.5, 0.6) is 0 Å². The molecule has 0 amide bonds. The van der Waals surface area contributed by atoms with Gasteiger partial charge in [-0.1, -0.05) is 53.4 Å². The summed E-state index contributed by atoms with van der Waals surface area (Å²) in [6.07, 6.45) is 4.79. The molecule has 0 saturated carbocycles. The fourth-order valence-electron chi connectivity index (χ4n) is 1.93. The summed E-state index contributed by atoms with van der Waals surface area (Å²) in [4.78, 5) is 0. The highest BCUT2D eigenvalue weighted by Crippen LogP contribution is 2.33. The highest BCUT2D eigenvalue weighted by Gasteiger charge is 2.11. The third-order valence-corrected chi connectivity index (χ3v) is 3.41. The maximum Gasteiger partial charge on any atom is 0.118 e. The smallest absolute Gasteiger partial charge is 0.118 e. The molecule has 0 aliphatic rings. The fourth-order valence-corrected chi connectivity index (χ4v) is 2.32. The van der Waals surface area contributed by atoms with Crippen molar-refractivity contribution in [1.82, 2.24) is 0 Å². The van der Waals surface area contributed by atoms with Crippen LogP contribution in [0.3, 0.4) is 0 Å². The summed E-state index contributed by atoms with van der Waals surface area (Å²) in [5.74, 6) is 2.31. The summed E-state index contributed by atoms with van der Waals surface area (Å²) in [6.45, 7) is 0. The highest BCUT2D eigenvalue weighted by molar-refractivity contribution is 6.35. The summed E-state index contributed by atoms with van der Waals surface area (Å²) in [5.41, 5.74) is 2.72. The van der Waals surface area contributed by atoms with Gasteiger partial charge in [0.25, 0.3) is 0 Å². The normalized spacial score (nSPS) is 11.9. The van der Waals surface area contributed by atoms with E-state index < -0.39 is 6.10 Å². The Hall–Kier alpha value is -1.46. The first-order chi connectivity index (χ1) is 9.11. The molecule has 0 heterocycles. The predicted octanol–water partition coefficient (Wildman–Crippen LogP) is 4.20. The van der Waals surface area contributed by atoms with E-state index in [1.165, 1.54) is 0 Å².